The molecule has 26 heavy (non-hydrogen) atoms. The van der Waals surface area contributed by atoms with Gasteiger partial charge in [0.25, 0.3) is 0 Å². The van der Waals surface area contributed by atoms with E-state index in [2.05, 4.69) is 23.2 Å². The number of guanidine groups is 1. The number of hydrogen-bond donors (Lipinski definition) is 1. The van der Waals surface area contributed by atoms with E-state index in [1.54, 1.807) is 7.11 Å². The average Bonchev–Trinajstić information content (AvgIpc) is 2.67. The van der Waals surface area contributed by atoms with Crippen molar-refractivity contribution in [3.63, 3.8) is 0 Å². The van der Waals surface area contributed by atoms with Crippen molar-refractivity contribution < 1.29 is 14.3 Å². The first-order chi connectivity index (χ1) is 12.2. The van der Waals surface area contributed by atoms with Crippen molar-refractivity contribution in [3.8, 4) is 5.75 Å². The lowest BCUT2D eigenvalue weighted by atomic mass is 9.97. The van der Waals surface area contributed by atoms with Gasteiger partial charge in [0.05, 0.1) is 20.1 Å². The van der Waals surface area contributed by atoms with Gasteiger partial charge in [-0.2, -0.15) is 0 Å². The minimum atomic E-state index is -0.0993. The second-order valence-electron chi connectivity index (χ2n) is 6.08. The number of esters is 1. The zero-order valence-electron chi connectivity index (χ0n) is 15.9. The maximum atomic E-state index is 11.7. The number of aliphatic imine (C=N–C) groups is 1. The van der Waals surface area contributed by atoms with Gasteiger partial charge in [-0.3, -0.25) is 9.79 Å². The number of nitrogens with zero attached hydrogens (tertiary/aromatic N) is 2. The summed E-state index contributed by atoms with van der Waals surface area (Å²) in [6.45, 7) is 5.22. The molecular weight excluding hydrogens is 445 g/mol. The number of nitrogens with one attached hydrogen (secondary N) is 1. The molecule has 146 valence electrons. The number of halogens is 1. The Morgan fingerprint density at radius 3 is 2.58 bits per heavy atom. The number of ether oxygens (including phenoxy) is 2. The zero-order chi connectivity index (χ0) is 18.1. The molecule has 1 N–H and O–H groups in total. The molecule has 1 aliphatic heterocycles. The monoisotopic (exact) mass is 475 g/mol. The molecule has 1 fully saturated rings. The summed E-state index contributed by atoms with van der Waals surface area (Å²) in [6, 6.07) is 8.04. The molecule has 0 spiro atoms. The summed E-state index contributed by atoms with van der Waals surface area (Å²) in [7, 11) is 3.15. The Morgan fingerprint density at radius 1 is 1.27 bits per heavy atom. The Labute approximate surface area is 173 Å². The van der Waals surface area contributed by atoms with Crippen LogP contribution in [-0.4, -0.2) is 57.2 Å². The highest BCUT2D eigenvalue weighted by molar-refractivity contribution is 14.0. The molecule has 1 aromatic rings. The van der Waals surface area contributed by atoms with Gasteiger partial charge in [-0.05, 0) is 37.8 Å². The van der Waals surface area contributed by atoms with Crippen molar-refractivity contribution in [1.82, 2.24) is 10.2 Å². The van der Waals surface area contributed by atoms with Gasteiger partial charge in [0.2, 0.25) is 0 Å². The smallest absolute Gasteiger partial charge is 0.308 e. The van der Waals surface area contributed by atoms with Crippen LogP contribution in [0.3, 0.4) is 0 Å². The van der Waals surface area contributed by atoms with E-state index >= 15 is 0 Å². The molecule has 6 nitrogen and oxygen atoms in total. The van der Waals surface area contributed by atoms with Crippen LogP contribution in [0.1, 0.15) is 25.3 Å². The van der Waals surface area contributed by atoms with Gasteiger partial charge >= 0.3 is 5.97 Å². The first kappa shape index (κ1) is 22.5. The highest BCUT2D eigenvalue weighted by atomic mass is 127. The molecule has 0 aromatic heterocycles. The minimum Gasteiger partial charge on any atom is -0.496 e. The van der Waals surface area contributed by atoms with E-state index in [9.17, 15) is 4.79 Å². The van der Waals surface area contributed by atoms with Gasteiger partial charge in [0, 0.05) is 26.2 Å². The fourth-order valence-electron chi connectivity index (χ4n) is 3.11. The lowest BCUT2D eigenvalue weighted by Gasteiger charge is -2.33. The molecule has 0 bridgehead atoms. The number of benzene rings is 1. The molecule has 2 rings (SSSR count). The van der Waals surface area contributed by atoms with Gasteiger partial charge in [0.15, 0.2) is 5.96 Å². The number of hydrogen-bond acceptors (Lipinski definition) is 4. The summed E-state index contributed by atoms with van der Waals surface area (Å²) in [5.74, 6) is 1.73. The largest absolute Gasteiger partial charge is 0.496 e. The molecule has 1 aromatic carbocycles. The van der Waals surface area contributed by atoms with Gasteiger partial charge in [-0.1, -0.05) is 18.2 Å². The number of likely N-dealkylation sites (tertiary alicyclic amines) is 1. The summed E-state index contributed by atoms with van der Waals surface area (Å²) < 4.78 is 10.2. The Bertz CT molecular complexity index is 587. The second-order valence-corrected chi connectivity index (χ2v) is 6.08. The minimum absolute atomic E-state index is 0. The first-order valence-corrected chi connectivity index (χ1v) is 8.92. The summed E-state index contributed by atoms with van der Waals surface area (Å²) in [5.41, 5.74) is 1.16. The number of para-hydroxylation sites is 1. The quantitative estimate of drug-likeness (QED) is 0.297. The number of rotatable bonds is 6. The summed E-state index contributed by atoms with van der Waals surface area (Å²) in [4.78, 5) is 18.6. The molecule has 1 saturated heterocycles. The van der Waals surface area contributed by atoms with E-state index < -0.39 is 0 Å². The lowest BCUT2D eigenvalue weighted by molar-refractivity contribution is -0.146. The number of piperidine rings is 1. The molecule has 0 amide bonds. The fraction of sp³-hybridized carbons (Fsp3) is 0.579. The van der Waals surface area contributed by atoms with Crippen LogP contribution in [0.25, 0.3) is 0 Å². The topological polar surface area (TPSA) is 63.2 Å². The highest BCUT2D eigenvalue weighted by Gasteiger charge is 2.26. The molecule has 7 heteroatoms. The number of carbonyl (C=O) groups excluding carboxylic acids is 1. The van der Waals surface area contributed by atoms with Crippen molar-refractivity contribution >= 4 is 35.9 Å². The van der Waals surface area contributed by atoms with E-state index in [0.717, 1.165) is 56.2 Å². The molecule has 0 aliphatic carbocycles. The van der Waals surface area contributed by atoms with Crippen molar-refractivity contribution in [3.05, 3.63) is 29.8 Å². The summed E-state index contributed by atoms with van der Waals surface area (Å²) in [6.07, 6.45) is 2.45. The van der Waals surface area contributed by atoms with E-state index in [1.165, 1.54) is 7.11 Å². The van der Waals surface area contributed by atoms with Crippen molar-refractivity contribution in [2.24, 2.45) is 10.9 Å². The van der Waals surface area contributed by atoms with Crippen LogP contribution in [0.4, 0.5) is 0 Å². The average molecular weight is 475 g/mol. The van der Waals surface area contributed by atoms with Crippen LogP contribution in [0, 0.1) is 5.92 Å². The van der Waals surface area contributed by atoms with Crippen LogP contribution in [0.15, 0.2) is 29.3 Å². The first-order valence-electron chi connectivity index (χ1n) is 8.92. The third-order valence-corrected chi connectivity index (χ3v) is 4.50. The predicted octanol–water partition coefficient (Wildman–Crippen LogP) is 2.71. The molecule has 0 unspecified atom stereocenters. The third-order valence-electron chi connectivity index (χ3n) is 4.50. The number of carbonyl (C=O) groups is 1. The van der Waals surface area contributed by atoms with E-state index in [4.69, 9.17) is 14.5 Å². The standard InChI is InChI=1S/C19H29N3O3.HI/c1-4-20-19(22-13-10-16(11-14-22)18(23)25-3)21-12-9-15-7-5-6-8-17(15)24-2;/h5-8,16H,4,9-14H2,1-3H3,(H,20,21);1H. The van der Waals surface area contributed by atoms with Gasteiger partial charge in [-0.15, -0.1) is 24.0 Å². The molecule has 0 radical (unpaired) electrons. The van der Waals surface area contributed by atoms with E-state index in [1.807, 2.05) is 18.2 Å². The Morgan fingerprint density at radius 2 is 1.96 bits per heavy atom. The Balaban J connectivity index is 0.00000338. The second kappa shape index (κ2) is 12.0. The predicted molar refractivity (Wildman–Crippen MR) is 114 cm³/mol. The van der Waals surface area contributed by atoms with Crippen molar-refractivity contribution in [2.45, 2.75) is 26.2 Å². The van der Waals surface area contributed by atoms with Gasteiger partial charge in [-0.25, -0.2) is 0 Å². The maximum absolute atomic E-state index is 11.7. The van der Waals surface area contributed by atoms with Crippen molar-refractivity contribution in [2.75, 3.05) is 40.4 Å². The van der Waals surface area contributed by atoms with Gasteiger partial charge < -0.3 is 19.7 Å². The Kier molecular flexibility index (Phi) is 10.4. The fourth-order valence-corrected chi connectivity index (χ4v) is 3.11. The molecule has 1 aliphatic rings. The lowest BCUT2D eigenvalue weighted by Crippen LogP contribution is -2.46. The van der Waals surface area contributed by atoms with Gasteiger partial charge in [0.1, 0.15) is 5.75 Å². The Hall–Kier alpha value is -1.51. The summed E-state index contributed by atoms with van der Waals surface area (Å²) >= 11 is 0. The summed E-state index contributed by atoms with van der Waals surface area (Å²) in [5, 5.41) is 3.35. The molecule has 1 heterocycles. The molecular formula is C19H30IN3O3. The van der Waals surface area contributed by atoms with Crippen LogP contribution in [0.2, 0.25) is 0 Å². The highest BCUT2D eigenvalue weighted by Crippen LogP contribution is 2.19. The third kappa shape index (κ3) is 6.34. The molecule has 0 atom stereocenters. The van der Waals surface area contributed by atoms with E-state index in [-0.39, 0.29) is 35.9 Å². The zero-order valence-corrected chi connectivity index (χ0v) is 18.2. The maximum Gasteiger partial charge on any atom is 0.308 e. The van der Waals surface area contributed by atoms with Crippen LogP contribution >= 0.6 is 24.0 Å². The van der Waals surface area contributed by atoms with Crippen molar-refractivity contribution in [1.29, 1.82) is 0 Å². The normalized spacial score (nSPS) is 15.2. The SMILES string of the molecule is CCNC(=NCCc1ccccc1OC)N1CCC(C(=O)OC)CC1.I. The van der Waals surface area contributed by atoms with Crippen LogP contribution < -0.4 is 10.1 Å². The van der Waals surface area contributed by atoms with Crippen LogP contribution in [-0.2, 0) is 16.0 Å². The van der Waals surface area contributed by atoms with Crippen LogP contribution in [0.5, 0.6) is 5.75 Å². The number of methoxy groups -OCH3 is 2. The van der Waals surface area contributed by atoms with E-state index in [0.29, 0.717) is 6.54 Å². The molecule has 0 saturated carbocycles.